The van der Waals surface area contributed by atoms with E-state index in [0.717, 1.165) is 19.4 Å². The van der Waals surface area contributed by atoms with Gasteiger partial charge < -0.3 is 16.0 Å². The lowest BCUT2D eigenvalue weighted by Gasteiger charge is -2.24. The highest BCUT2D eigenvalue weighted by Gasteiger charge is 2.22. The molecular weight excluding hydrogens is 218 g/mol. The third-order valence-electron chi connectivity index (χ3n) is 2.87. The highest BCUT2D eigenvalue weighted by atomic mass is 16.2. The second kappa shape index (κ2) is 6.59. The second-order valence-corrected chi connectivity index (χ2v) is 5.13. The number of rotatable bonds is 6. The molecule has 5 nitrogen and oxygen atoms in total. The fourth-order valence-electron chi connectivity index (χ4n) is 2.15. The third kappa shape index (κ3) is 5.17. The van der Waals surface area contributed by atoms with Gasteiger partial charge in [0.05, 0.1) is 6.54 Å². The number of carbonyl (C=O) groups is 2. The zero-order chi connectivity index (χ0) is 12.8. The summed E-state index contributed by atoms with van der Waals surface area (Å²) in [5.41, 5.74) is 5.17. The Labute approximate surface area is 103 Å². The van der Waals surface area contributed by atoms with Gasteiger partial charge in [0.1, 0.15) is 0 Å². The van der Waals surface area contributed by atoms with Crippen molar-refractivity contribution in [1.82, 2.24) is 10.2 Å². The van der Waals surface area contributed by atoms with Crippen LogP contribution in [0.15, 0.2) is 0 Å². The molecule has 1 unspecified atom stereocenters. The first-order chi connectivity index (χ1) is 7.99. The van der Waals surface area contributed by atoms with Crippen LogP contribution in [-0.2, 0) is 9.59 Å². The predicted molar refractivity (Wildman–Crippen MR) is 66.3 cm³/mol. The maximum Gasteiger partial charge on any atom is 0.237 e. The Morgan fingerprint density at radius 3 is 2.65 bits per heavy atom. The molecule has 1 fully saturated rings. The Morgan fingerprint density at radius 1 is 1.47 bits per heavy atom. The fourth-order valence-corrected chi connectivity index (χ4v) is 2.15. The second-order valence-electron chi connectivity index (χ2n) is 5.13. The zero-order valence-corrected chi connectivity index (χ0v) is 10.7. The predicted octanol–water partition coefficient (Wildman–Crippen LogP) is 0.0984. The van der Waals surface area contributed by atoms with E-state index in [2.05, 4.69) is 5.32 Å². The van der Waals surface area contributed by atoms with Crippen molar-refractivity contribution in [3.63, 3.8) is 0 Å². The number of amides is 2. The summed E-state index contributed by atoms with van der Waals surface area (Å²) >= 11 is 0. The van der Waals surface area contributed by atoms with Crippen molar-refractivity contribution in [1.29, 1.82) is 0 Å². The van der Waals surface area contributed by atoms with Crippen molar-refractivity contribution in [2.24, 2.45) is 11.7 Å². The summed E-state index contributed by atoms with van der Waals surface area (Å²) in [5, 5.41) is 3.29. The number of nitrogens with two attached hydrogens (primary N) is 1. The maximum absolute atomic E-state index is 12.0. The van der Waals surface area contributed by atoms with Gasteiger partial charge in [-0.2, -0.15) is 0 Å². The molecule has 1 heterocycles. The average Bonchev–Trinajstić information content (AvgIpc) is 2.67. The van der Waals surface area contributed by atoms with Gasteiger partial charge in [-0.15, -0.1) is 0 Å². The minimum absolute atomic E-state index is 0.0249. The Kier molecular flexibility index (Phi) is 5.41. The quantitative estimate of drug-likeness (QED) is 0.692. The number of nitrogens with zero attached hydrogens (tertiary/aromatic N) is 1. The van der Waals surface area contributed by atoms with Gasteiger partial charge in [0.2, 0.25) is 11.8 Å². The van der Waals surface area contributed by atoms with Crippen LogP contribution in [0.1, 0.15) is 33.1 Å². The van der Waals surface area contributed by atoms with E-state index in [1.165, 1.54) is 0 Å². The molecule has 0 aliphatic carbocycles. The fraction of sp³-hybridized carbons (Fsp3) is 0.833. The number of hydrogen-bond acceptors (Lipinski definition) is 3. The molecule has 1 atom stereocenters. The number of primary amides is 1. The molecule has 1 rings (SSSR count). The first kappa shape index (κ1) is 14.0. The summed E-state index contributed by atoms with van der Waals surface area (Å²) in [4.78, 5) is 24.6. The van der Waals surface area contributed by atoms with Gasteiger partial charge in [-0.25, -0.2) is 0 Å². The van der Waals surface area contributed by atoms with E-state index in [-0.39, 0.29) is 18.5 Å². The summed E-state index contributed by atoms with van der Waals surface area (Å²) in [6, 6.07) is 0.269. The van der Waals surface area contributed by atoms with Crippen LogP contribution in [0, 0.1) is 5.92 Å². The molecule has 1 aliphatic heterocycles. The minimum atomic E-state index is -0.446. The molecule has 3 N–H and O–H groups in total. The van der Waals surface area contributed by atoms with Crippen LogP contribution in [0.5, 0.6) is 0 Å². The van der Waals surface area contributed by atoms with Crippen LogP contribution in [-0.4, -0.2) is 42.4 Å². The van der Waals surface area contributed by atoms with E-state index in [4.69, 9.17) is 5.73 Å². The van der Waals surface area contributed by atoms with Crippen molar-refractivity contribution < 1.29 is 9.59 Å². The van der Waals surface area contributed by atoms with Gasteiger partial charge in [0.15, 0.2) is 0 Å². The number of hydrogen-bond donors (Lipinski definition) is 2. The van der Waals surface area contributed by atoms with E-state index in [1.54, 1.807) is 4.90 Å². The Bertz CT molecular complexity index is 273. The molecule has 0 aromatic carbocycles. The van der Waals surface area contributed by atoms with Gasteiger partial charge in [-0.3, -0.25) is 9.59 Å². The summed E-state index contributed by atoms with van der Waals surface area (Å²) in [6.07, 6.45) is 2.63. The number of nitrogens with one attached hydrogen (secondary N) is 1. The van der Waals surface area contributed by atoms with Crippen LogP contribution < -0.4 is 11.1 Å². The number of carbonyl (C=O) groups excluding carboxylic acids is 2. The van der Waals surface area contributed by atoms with Gasteiger partial charge in [0.25, 0.3) is 0 Å². The highest BCUT2D eigenvalue weighted by Crippen LogP contribution is 2.11. The standard InChI is InChI=1S/C12H23N3O2/c1-9(2)7-15(8-11(13)16)12(17)6-10-4-3-5-14-10/h9-10,14H,3-8H2,1-2H3,(H2,13,16). The molecule has 98 valence electrons. The molecule has 5 heteroatoms. The van der Waals surface area contributed by atoms with E-state index >= 15 is 0 Å². The lowest BCUT2D eigenvalue weighted by molar-refractivity contribution is -0.136. The molecule has 0 radical (unpaired) electrons. The van der Waals surface area contributed by atoms with Crippen molar-refractivity contribution in [3.05, 3.63) is 0 Å². The monoisotopic (exact) mass is 241 g/mol. The Balaban J connectivity index is 2.48. The summed E-state index contributed by atoms with van der Waals surface area (Å²) < 4.78 is 0. The van der Waals surface area contributed by atoms with Crippen LogP contribution in [0.3, 0.4) is 0 Å². The zero-order valence-electron chi connectivity index (χ0n) is 10.7. The van der Waals surface area contributed by atoms with E-state index in [0.29, 0.717) is 18.9 Å². The Morgan fingerprint density at radius 2 is 2.18 bits per heavy atom. The summed E-state index contributed by atoms with van der Waals surface area (Å²) in [7, 11) is 0. The van der Waals surface area contributed by atoms with Gasteiger partial charge in [-0.05, 0) is 25.3 Å². The van der Waals surface area contributed by atoms with Crippen LogP contribution in [0.2, 0.25) is 0 Å². The first-order valence-electron chi connectivity index (χ1n) is 6.28. The van der Waals surface area contributed by atoms with Crippen LogP contribution in [0.25, 0.3) is 0 Å². The van der Waals surface area contributed by atoms with E-state index < -0.39 is 5.91 Å². The minimum Gasteiger partial charge on any atom is -0.368 e. The molecule has 0 aromatic heterocycles. The van der Waals surface area contributed by atoms with E-state index in [9.17, 15) is 9.59 Å². The molecule has 17 heavy (non-hydrogen) atoms. The molecule has 0 saturated carbocycles. The molecule has 0 bridgehead atoms. The van der Waals surface area contributed by atoms with Crippen molar-refractivity contribution in [2.45, 2.75) is 39.2 Å². The van der Waals surface area contributed by atoms with Gasteiger partial charge >= 0.3 is 0 Å². The smallest absolute Gasteiger partial charge is 0.237 e. The topological polar surface area (TPSA) is 75.4 Å². The average molecular weight is 241 g/mol. The lowest BCUT2D eigenvalue weighted by Crippen LogP contribution is -2.42. The molecular formula is C12H23N3O2. The Hall–Kier alpha value is -1.10. The van der Waals surface area contributed by atoms with Crippen molar-refractivity contribution in [2.75, 3.05) is 19.6 Å². The van der Waals surface area contributed by atoms with E-state index in [1.807, 2.05) is 13.8 Å². The molecule has 1 saturated heterocycles. The molecule has 2 amide bonds. The lowest BCUT2D eigenvalue weighted by atomic mass is 10.1. The van der Waals surface area contributed by atoms with Crippen molar-refractivity contribution >= 4 is 11.8 Å². The molecule has 0 spiro atoms. The summed E-state index contributed by atoms with van der Waals surface area (Å²) in [6.45, 7) is 5.65. The highest BCUT2D eigenvalue weighted by molar-refractivity contribution is 5.84. The SMILES string of the molecule is CC(C)CN(CC(N)=O)C(=O)CC1CCCN1. The first-order valence-corrected chi connectivity index (χ1v) is 6.28. The van der Waals surface area contributed by atoms with Gasteiger partial charge in [-0.1, -0.05) is 13.8 Å². The van der Waals surface area contributed by atoms with Crippen LogP contribution >= 0.6 is 0 Å². The van der Waals surface area contributed by atoms with Crippen LogP contribution in [0.4, 0.5) is 0 Å². The maximum atomic E-state index is 12.0. The normalized spacial score (nSPS) is 19.6. The molecule has 0 aromatic rings. The summed E-state index contributed by atoms with van der Waals surface area (Å²) in [5.74, 6) is -0.0786. The third-order valence-corrected chi connectivity index (χ3v) is 2.87. The van der Waals surface area contributed by atoms with Crippen molar-refractivity contribution in [3.8, 4) is 0 Å². The largest absolute Gasteiger partial charge is 0.368 e. The van der Waals surface area contributed by atoms with Gasteiger partial charge in [0, 0.05) is 19.0 Å². The molecule has 1 aliphatic rings.